The minimum Gasteiger partial charge on any atom is -0.497 e. The van der Waals surface area contributed by atoms with Gasteiger partial charge >= 0.3 is 0 Å². The van der Waals surface area contributed by atoms with Gasteiger partial charge < -0.3 is 20.8 Å². The number of aromatic amines is 1. The third kappa shape index (κ3) is 5.23. The zero-order chi connectivity index (χ0) is 23.3. The Balaban J connectivity index is 2.07. The Hall–Kier alpha value is -3.45. The zero-order valence-corrected chi connectivity index (χ0v) is 19.8. The van der Waals surface area contributed by atoms with Crippen molar-refractivity contribution in [2.24, 2.45) is 0 Å². The Morgan fingerprint density at radius 3 is 2.44 bits per heavy atom. The van der Waals surface area contributed by atoms with E-state index in [9.17, 15) is 4.79 Å². The third-order valence-corrected chi connectivity index (χ3v) is 5.99. The maximum absolute atomic E-state index is 13.3. The van der Waals surface area contributed by atoms with E-state index in [1.165, 1.54) is 11.8 Å². The normalized spacial score (nSPS) is 10.9. The van der Waals surface area contributed by atoms with Gasteiger partial charge in [0, 0.05) is 16.8 Å². The minimum atomic E-state index is -0.255. The zero-order valence-electron chi connectivity index (χ0n) is 18.9. The van der Waals surface area contributed by atoms with Crippen LogP contribution < -0.4 is 15.8 Å². The molecule has 1 aromatic heterocycles. The molecular formula is C25H28N4O2S. The number of anilines is 1. The highest BCUT2D eigenvalue weighted by Gasteiger charge is 2.21. The Kier molecular flexibility index (Phi) is 7.43. The van der Waals surface area contributed by atoms with Gasteiger partial charge in [-0.25, -0.2) is 4.98 Å². The lowest BCUT2D eigenvalue weighted by atomic mass is 10.1. The lowest BCUT2D eigenvalue weighted by molar-refractivity contribution is 0.0965. The molecule has 0 atom stereocenters. The molecule has 0 saturated heterocycles. The Morgan fingerprint density at radius 1 is 1.16 bits per heavy atom. The third-order valence-electron chi connectivity index (χ3n) is 4.84. The van der Waals surface area contributed by atoms with Gasteiger partial charge in [-0.05, 0) is 86.7 Å². The highest BCUT2D eigenvalue weighted by molar-refractivity contribution is 8.05. The van der Waals surface area contributed by atoms with Gasteiger partial charge in [0.2, 0.25) is 0 Å². The van der Waals surface area contributed by atoms with Crippen LogP contribution in [0.25, 0.3) is 22.6 Å². The molecule has 2 aromatic carbocycles. The quantitative estimate of drug-likeness (QED) is 0.392. The number of carbonyl (C=O) groups is 1. The first-order valence-electron chi connectivity index (χ1n) is 10.2. The summed E-state index contributed by atoms with van der Waals surface area (Å²) in [5.41, 5.74) is 11.3. The molecule has 1 heterocycles. The summed E-state index contributed by atoms with van der Waals surface area (Å²) in [4.78, 5) is 21.3. The Bertz CT molecular complexity index is 1170. The van der Waals surface area contributed by atoms with Crippen LogP contribution in [0.4, 0.5) is 5.69 Å². The summed E-state index contributed by atoms with van der Waals surface area (Å²) in [5, 5.41) is 5.74. The molecule has 7 heteroatoms. The van der Waals surface area contributed by atoms with E-state index in [-0.39, 0.29) is 5.91 Å². The molecular weight excluding hydrogens is 420 g/mol. The molecule has 32 heavy (non-hydrogen) atoms. The van der Waals surface area contributed by atoms with E-state index >= 15 is 0 Å². The molecule has 166 valence electrons. The summed E-state index contributed by atoms with van der Waals surface area (Å²) in [6.45, 7) is 7.81. The minimum absolute atomic E-state index is 0.255. The smallest absolute Gasteiger partial charge is 0.274 e. The summed E-state index contributed by atoms with van der Waals surface area (Å²) in [6.07, 6.45) is 1.93. The maximum Gasteiger partial charge on any atom is 0.274 e. The van der Waals surface area contributed by atoms with Crippen LogP contribution in [0, 0.1) is 6.92 Å². The predicted octanol–water partition coefficient (Wildman–Crippen LogP) is 5.89. The number of imidazole rings is 1. The fraction of sp³-hybridized carbons (Fsp3) is 0.200. The fourth-order valence-electron chi connectivity index (χ4n) is 3.03. The summed E-state index contributed by atoms with van der Waals surface area (Å²) in [5.74, 6) is 1.08. The number of nitrogens with one attached hydrogen (secondary N) is 2. The number of carbonyl (C=O) groups excluding carboxylic acids is 1. The summed E-state index contributed by atoms with van der Waals surface area (Å²) >= 11 is 1.47. The van der Waals surface area contributed by atoms with Gasteiger partial charge in [0.05, 0.1) is 12.1 Å². The number of nitrogen functional groups attached to an aromatic ring is 1. The first kappa shape index (κ1) is 23.2. The number of benzene rings is 2. The fourth-order valence-corrected chi connectivity index (χ4v) is 3.69. The number of aryl methyl sites for hydroxylation is 1. The van der Waals surface area contributed by atoms with Crippen LogP contribution in [0.5, 0.6) is 5.75 Å². The first-order valence-corrected chi connectivity index (χ1v) is 11.1. The number of amides is 1. The molecule has 0 bridgehead atoms. The standard InChI is InChI=1S/C25H28N4O2S/c1-6-13-32-25(15(2)3)29-24(30)22-21(17-7-10-19(31-5)11-8-17)27-23(28-22)18-9-12-20(26)16(4)14-18/h6-14H,26H2,1-5H3,(H,27,28)(H,29,30)/b13-6-. The second-order valence-corrected chi connectivity index (χ2v) is 8.40. The number of allylic oxidation sites excluding steroid dienone is 2. The molecule has 0 saturated carbocycles. The Labute approximate surface area is 193 Å². The number of nitrogens with zero attached hydrogens (tertiary/aromatic N) is 1. The van der Waals surface area contributed by atoms with Gasteiger partial charge in [-0.2, -0.15) is 0 Å². The molecule has 0 unspecified atom stereocenters. The van der Waals surface area contributed by atoms with Crippen LogP contribution in [0.2, 0.25) is 0 Å². The lowest BCUT2D eigenvalue weighted by Gasteiger charge is -2.10. The number of hydrogen-bond acceptors (Lipinski definition) is 5. The number of rotatable bonds is 7. The highest BCUT2D eigenvalue weighted by atomic mass is 32.2. The molecule has 0 fully saturated rings. The number of aromatic nitrogens is 2. The summed E-state index contributed by atoms with van der Waals surface area (Å²) < 4.78 is 5.26. The molecule has 6 nitrogen and oxygen atoms in total. The molecule has 0 aliphatic rings. The molecule has 3 aromatic rings. The second-order valence-electron chi connectivity index (χ2n) is 7.48. The lowest BCUT2D eigenvalue weighted by Crippen LogP contribution is -2.23. The first-order chi connectivity index (χ1) is 15.3. The van der Waals surface area contributed by atoms with Crippen LogP contribution in [-0.2, 0) is 0 Å². The van der Waals surface area contributed by atoms with Gasteiger partial charge in [0.1, 0.15) is 23.0 Å². The molecule has 1 amide bonds. The van der Waals surface area contributed by atoms with Crippen molar-refractivity contribution in [1.82, 2.24) is 15.3 Å². The van der Waals surface area contributed by atoms with Gasteiger partial charge in [0.25, 0.3) is 5.91 Å². The number of methoxy groups -OCH3 is 1. The van der Waals surface area contributed by atoms with Gasteiger partial charge in [-0.1, -0.05) is 17.8 Å². The van der Waals surface area contributed by atoms with E-state index < -0.39 is 0 Å². The number of nitrogens with two attached hydrogens (primary N) is 1. The second kappa shape index (κ2) is 10.2. The van der Waals surface area contributed by atoms with Crippen molar-refractivity contribution in [2.75, 3.05) is 12.8 Å². The topological polar surface area (TPSA) is 93.0 Å². The average Bonchev–Trinajstić information content (AvgIpc) is 3.24. The van der Waals surface area contributed by atoms with Crippen LogP contribution in [0.3, 0.4) is 0 Å². The Morgan fingerprint density at radius 2 is 1.84 bits per heavy atom. The number of thioether (sulfide) groups is 1. The van der Waals surface area contributed by atoms with Crippen LogP contribution >= 0.6 is 11.8 Å². The van der Waals surface area contributed by atoms with Crippen LogP contribution in [0.1, 0.15) is 36.8 Å². The molecule has 0 spiro atoms. The van der Waals surface area contributed by atoms with Gasteiger partial charge in [-0.3, -0.25) is 4.79 Å². The van der Waals surface area contributed by atoms with Crippen LogP contribution in [-0.4, -0.2) is 23.0 Å². The molecule has 0 aliphatic heterocycles. The van der Waals surface area contributed by atoms with Crippen molar-refractivity contribution in [3.63, 3.8) is 0 Å². The van der Waals surface area contributed by atoms with Gasteiger partial charge in [0.15, 0.2) is 0 Å². The molecule has 0 radical (unpaired) electrons. The highest BCUT2D eigenvalue weighted by Crippen LogP contribution is 2.29. The number of ether oxygens (including phenoxy) is 1. The molecule has 3 rings (SSSR count). The van der Waals surface area contributed by atoms with Crippen molar-refractivity contribution in [2.45, 2.75) is 27.7 Å². The molecule has 0 aliphatic carbocycles. The maximum atomic E-state index is 13.3. The average molecular weight is 449 g/mol. The van der Waals surface area contributed by atoms with Crippen molar-refractivity contribution < 1.29 is 9.53 Å². The summed E-state index contributed by atoms with van der Waals surface area (Å²) in [6, 6.07) is 13.2. The van der Waals surface area contributed by atoms with E-state index in [1.54, 1.807) is 7.11 Å². The van der Waals surface area contributed by atoms with Crippen molar-refractivity contribution in [3.05, 3.63) is 75.8 Å². The van der Waals surface area contributed by atoms with Crippen molar-refractivity contribution >= 4 is 23.4 Å². The molecule has 4 N–H and O–H groups in total. The predicted molar refractivity (Wildman–Crippen MR) is 133 cm³/mol. The van der Waals surface area contributed by atoms with Crippen molar-refractivity contribution in [1.29, 1.82) is 0 Å². The van der Waals surface area contributed by atoms with E-state index in [2.05, 4.69) is 10.3 Å². The number of H-pyrrole nitrogens is 1. The van der Waals surface area contributed by atoms with E-state index in [0.717, 1.165) is 33.0 Å². The summed E-state index contributed by atoms with van der Waals surface area (Å²) in [7, 11) is 1.62. The van der Waals surface area contributed by atoms with E-state index in [0.29, 0.717) is 22.9 Å². The van der Waals surface area contributed by atoms with E-state index in [1.807, 2.05) is 81.6 Å². The largest absolute Gasteiger partial charge is 0.497 e. The van der Waals surface area contributed by atoms with Crippen LogP contribution in [0.15, 0.2) is 64.6 Å². The number of hydrogen-bond donors (Lipinski definition) is 3. The monoisotopic (exact) mass is 448 g/mol. The van der Waals surface area contributed by atoms with E-state index in [4.69, 9.17) is 15.5 Å². The van der Waals surface area contributed by atoms with Gasteiger partial charge in [-0.15, -0.1) is 0 Å². The SMILES string of the molecule is C/C=C\SC(NC(=O)c1[nH]c(-c2ccc(N)c(C)c2)nc1-c1ccc(OC)cc1)=C(C)C. The van der Waals surface area contributed by atoms with Crippen molar-refractivity contribution in [3.8, 4) is 28.4 Å².